The molecule has 0 atom stereocenters. The van der Waals surface area contributed by atoms with E-state index in [-0.39, 0.29) is 0 Å². The molecular formula is C27H27N7O2. The van der Waals surface area contributed by atoms with Crippen molar-refractivity contribution in [3.05, 3.63) is 77.9 Å². The molecule has 0 aliphatic heterocycles. The molecule has 9 heteroatoms. The summed E-state index contributed by atoms with van der Waals surface area (Å²) in [6.07, 6.45) is 0.736. The van der Waals surface area contributed by atoms with E-state index in [2.05, 4.69) is 20.4 Å². The van der Waals surface area contributed by atoms with Crippen LogP contribution in [-0.2, 0) is 6.42 Å². The summed E-state index contributed by atoms with van der Waals surface area (Å²) in [4.78, 5) is 13.9. The van der Waals surface area contributed by atoms with E-state index in [1.165, 1.54) is 0 Å². The highest BCUT2D eigenvalue weighted by Gasteiger charge is 2.17. The van der Waals surface area contributed by atoms with Gasteiger partial charge in [-0.2, -0.15) is 4.52 Å². The SMILES string of the molecule is COc1ccc(-c2nnc3c4ccccc4c(Nc4ccc(C(N)=O)cc4CCN(C)C)nn23)cc1. The topological polar surface area (TPSA) is 111 Å². The van der Waals surface area contributed by atoms with Gasteiger partial charge >= 0.3 is 0 Å². The second-order valence-electron chi connectivity index (χ2n) is 8.80. The van der Waals surface area contributed by atoms with Crippen molar-refractivity contribution in [2.24, 2.45) is 5.73 Å². The summed E-state index contributed by atoms with van der Waals surface area (Å²) in [7, 11) is 5.66. The van der Waals surface area contributed by atoms with Crippen molar-refractivity contribution in [2.45, 2.75) is 6.42 Å². The Morgan fingerprint density at radius 2 is 1.78 bits per heavy atom. The Morgan fingerprint density at radius 1 is 1.03 bits per heavy atom. The van der Waals surface area contributed by atoms with Gasteiger partial charge in [-0.3, -0.25) is 4.79 Å². The van der Waals surface area contributed by atoms with Gasteiger partial charge in [0.15, 0.2) is 17.3 Å². The lowest BCUT2D eigenvalue weighted by molar-refractivity contribution is 0.1000. The van der Waals surface area contributed by atoms with Crippen molar-refractivity contribution in [1.29, 1.82) is 0 Å². The van der Waals surface area contributed by atoms with Gasteiger partial charge in [-0.05, 0) is 68.5 Å². The quantitative estimate of drug-likeness (QED) is 0.346. The van der Waals surface area contributed by atoms with Gasteiger partial charge < -0.3 is 20.7 Å². The van der Waals surface area contributed by atoms with Crippen molar-refractivity contribution in [1.82, 2.24) is 24.7 Å². The Bertz CT molecular complexity index is 1560. The number of carbonyl (C=O) groups excluding carboxylic acids is 1. The lowest BCUT2D eigenvalue weighted by Gasteiger charge is -2.16. The molecule has 0 aliphatic carbocycles. The first-order chi connectivity index (χ1) is 17.4. The number of fused-ring (bicyclic) bond motifs is 3. The molecule has 5 rings (SSSR count). The number of hydrogen-bond donors (Lipinski definition) is 2. The number of rotatable bonds is 8. The number of nitrogens with zero attached hydrogens (tertiary/aromatic N) is 5. The summed E-state index contributed by atoms with van der Waals surface area (Å²) in [5, 5.41) is 19.1. The van der Waals surface area contributed by atoms with E-state index >= 15 is 0 Å². The number of ether oxygens (including phenoxy) is 1. The molecule has 182 valence electrons. The summed E-state index contributed by atoms with van der Waals surface area (Å²) in [5.41, 5.74) is 9.40. The van der Waals surface area contributed by atoms with Gasteiger partial charge in [0.1, 0.15) is 5.75 Å². The van der Waals surface area contributed by atoms with E-state index in [9.17, 15) is 4.79 Å². The van der Waals surface area contributed by atoms with Crippen molar-refractivity contribution in [3.8, 4) is 17.1 Å². The first kappa shape index (κ1) is 23.3. The van der Waals surface area contributed by atoms with Crippen molar-refractivity contribution >= 4 is 33.8 Å². The Kier molecular flexibility index (Phi) is 6.22. The number of hydrogen-bond acceptors (Lipinski definition) is 7. The maximum atomic E-state index is 11.8. The molecule has 5 aromatic rings. The predicted octanol–water partition coefficient (Wildman–Crippen LogP) is 3.90. The molecule has 3 aromatic carbocycles. The van der Waals surface area contributed by atoms with Crippen LogP contribution in [0.4, 0.5) is 11.5 Å². The van der Waals surface area contributed by atoms with E-state index in [4.69, 9.17) is 15.6 Å². The predicted molar refractivity (Wildman–Crippen MR) is 141 cm³/mol. The van der Waals surface area contributed by atoms with Crippen LogP contribution in [0.15, 0.2) is 66.7 Å². The Labute approximate surface area is 208 Å². The molecule has 3 N–H and O–H groups in total. The normalized spacial score (nSPS) is 11.3. The van der Waals surface area contributed by atoms with E-state index in [0.717, 1.165) is 46.3 Å². The zero-order chi connectivity index (χ0) is 25.2. The van der Waals surface area contributed by atoms with Crippen LogP contribution in [0, 0.1) is 0 Å². The highest BCUT2D eigenvalue weighted by atomic mass is 16.5. The molecule has 0 fully saturated rings. The summed E-state index contributed by atoms with van der Waals surface area (Å²) in [6, 6.07) is 21.0. The smallest absolute Gasteiger partial charge is 0.248 e. The van der Waals surface area contributed by atoms with Crippen molar-refractivity contribution in [3.63, 3.8) is 0 Å². The molecule has 1 amide bonds. The number of carbonyl (C=O) groups is 1. The zero-order valence-corrected chi connectivity index (χ0v) is 20.4. The number of nitrogens with two attached hydrogens (primary N) is 1. The minimum absolute atomic E-state index is 0.453. The van der Waals surface area contributed by atoms with Crippen LogP contribution in [-0.4, -0.2) is 58.4 Å². The molecule has 2 aromatic heterocycles. The third-order valence-electron chi connectivity index (χ3n) is 6.08. The van der Waals surface area contributed by atoms with Gasteiger partial charge in [-0.1, -0.05) is 24.3 Å². The Morgan fingerprint density at radius 3 is 2.47 bits per heavy atom. The summed E-state index contributed by atoms with van der Waals surface area (Å²) in [6.45, 7) is 0.817. The van der Waals surface area contributed by atoms with Crippen LogP contribution >= 0.6 is 0 Å². The van der Waals surface area contributed by atoms with E-state index in [0.29, 0.717) is 22.9 Å². The largest absolute Gasteiger partial charge is 0.497 e. The number of nitrogens with one attached hydrogen (secondary N) is 1. The second kappa shape index (κ2) is 9.63. The molecule has 0 aliphatic rings. The zero-order valence-electron chi connectivity index (χ0n) is 20.4. The van der Waals surface area contributed by atoms with Gasteiger partial charge in [-0.25, -0.2) is 0 Å². The minimum Gasteiger partial charge on any atom is -0.497 e. The van der Waals surface area contributed by atoms with Crippen LogP contribution in [0.1, 0.15) is 15.9 Å². The van der Waals surface area contributed by atoms with Crippen LogP contribution in [0.2, 0.25) is 0 Å². The molecule has 0 unspecified atom stereocenters. The van der Waals surface area contributed by atoms with Crippen molar-refractivity contribution in [2.75, 3.05) is 33.1 Å². The molecule has 0 bridgehead atoms. The maximum absolute atomic E-state index is 11.8. The molecule has 36 heavy (non-hydrogen) atoms. The summed E-state index contributed by atoms with van der Waals surface area (Å²) < 4.78 is 7.04. The summed E-state index contributed by atoms with van der Waals surface area (Å²) in [5.74, 6) is 1.59. The standard InChI is InChI=1S/C27H27N7O2/c1-33(2)15-14-18-16-19(24(28)35)10-13-23(18)29-25-21-6-4-5-7-22(21)27-31-30-26(34(27)32-25)17-8-11-20(36-3)12-9-17/h4-13,16H,14-15H2,1-3H3,(H2,28,35)(H,29,32). The van der Waals surface area contributed by atoms with Gasteiger partial charge in [-0.15, -0.1) is 15.3 Å². The fourth-order valence-corrected chi connectivity index (χ4v) is 4.14. The van der Waals surface area contributed by atoms with Gasteiger partial charge in [0, 0.05) is 34.1 Å². The number of primary amides is 1. The van der Waals surface area contributed by atoms with E-state index in [1.54, 1.807) is 17.7 Å². The Balaban J connectivity index is 1.64. The van der Waals surface area contributed by atoms with Crippen LogP contribution < -0.4 is 15.8 Å². The van der Waals surface area contributed by atoms with E-state index in [1.807, 2.05) is 74.8 Å². The molecule has 0 saturated carbocycles. The molecular weight excluding hydrogens is 454 g/mol. The summed E-state index contributed by atoms with van der Waals surface area (Å²) >= 11 is 0. The first-order valence-corrected chi connectivity index (χ1v) is 11.6. The van der Waals surface area contributed by atoms with Gasteiger partial charge in [0.2, 0.25) is 5.91 Å². The molecule has 9 nitrogen and oxygen atoms in total. The lowest BCUT2D eigenvalue weighted by atomic mass is 10.0. The molecule has 0 spiro atoms. The highest BCUT2D eigenvalue weighted by molar-refractivity contribution is 6.01. The molecule has 0 radical (unpaired) electrons. The number of amides is 1. The van der Waals surface area contributed by atoms with Gasteiger partial charge in [0.05, 0.1) is 7.11 Å². The number of methoxy groups -OCH3 is 1. The highest BCUT2D eigenvalue weighted by Crippen LogP contribution is 2.31. The average Bonchev–Trinajstić information content (AvgIpc) is 3.32. The third-order valence-corrected chi connectivity index (χ3v) is 6.08. The van der Waals surface area contributed by atoms with Crippen molar-refractivity contribution < 1.29 is 9.53 Å². The van der Waals surface area contributed by atoms with Gasteiger partial charge in [0.25, 0.3) is 0 Å². The fourth-order valence-electron chi connectivity index (χ4n) is 4.14. The second-order valence-corrected chi connectivity index (χ2v) is 8.80. The number of likely N-dealkylation sites (N-methyl/N-ethyl adjacent to an activating group) is 1. The number of anilines is 2. The average molecular weight is 482 g/mol. The first-order valence-electron chi connectivity index (χ1n) is 11.6. The van der Waals surface area contributed by atoms with E-state index < -0.39 is 5.91 Å². The maximum Gasteiger partial charge on any atom is 0.248 e. The monoisotopic (exact) mass is 481 g/mol. The Hall–Kier alpha value is -4.50. The van der Waals surface area contributed by atoms with Crippen LogP contribution in [0.25, 0.3) is 27.8 Å². The van der Waals surface area contributed by atoms with Crippen LogP contribution in [0.5, 0.6) is 5.75 Å². The minimum atomic E-state index is -0.453. The number of benzene rings is 3. The number of aromatic nitrogens is 4. The third kappa shape index (κ3) is 4.44. The lowest BCUT2D eigenvalue weighted by Crippen LogP contribution is -2.17. The molecule has 2 heterocycles. The van der Waals surface area contributed by atoms with Crippen LogP contribution in [0.3, 0.4) is 0 Å². The fraction of sp³-hybridized carbons (Fsp3) is 0.185. The molecule has 0 saturated heterocycles.